The molecule has 9 nitrogen and oxygen atoms in total. The molecule has 0 aliphatic heterocycles. The lowest BCUT2D eigenvalue weighted by molar-refractivity contribution is -0.384. The van der Waals surface area contributed by atoms with E-state index in [2.05, 4.69) is 10.6 Å². The molecule has 34 heavy (non-hydrogen) atoms. The summed E-state index contributed by atoms with van der Waals surface area (Å²) in [6.07, 6.45) is -3.55. The number of fused-ring (bicyclic) bond motifs is 3. The predicted molar refractivity (Wildman–Crippen MR) is 127 cm³/mol. The van der Waals surface area contributed by atoms with Crippen molar-refractivity contribution >= 4 is 17.5 Å². The third kappa shape index (κ3) is 4.57. The van der Waals surface area contributed by atoms with Gasteiger partial charge in [0.25, 0.3) is 5.69 Å². The quantitative estimate of drug-likeness (QED) is 0.296. The minimum atomic E-state index is -1.43. The molecule has 9 heteroatoms. The number of nitrogens with zero attached hydrogens (tertiary/aromatic N) is 1. The van der Waals surface area contributed by atoms with E-state index in [1.54, 1.807) is 7.05 Å². The van der Waals surface area contributed by atoms with Gasteiger partial charge in [-0.3, -0.25) is 10.1 Å². The van der Waals surface area contributed by atoms with Crippen LogP contribution in [0.2, 0.25) is 0 Å². The Kier molecular flexibility index (Phi) is 6.76. The topological polar surface area (TPSA) is 134 Å². The zero-order valence-corrected chi connectivity index (χ0v) is 18.5. The molecule has 1 aliphatic rings. The Bertz CT molecular complexity index is 1170. The van der Waals surface area contributed by atoms with Crippen LogP contribution < -0.4 is 10.6 Å². The number of aliphatic hydroxyl groups is 2. The number of nitrogens with one attached hydrogen (secondary N) is 2. The van der Waals surface area contributed by atoms with Crippen LogP contribution in [0.25, 0.3) is 11.1 Å². The van der Waals surface area contributed by atoms with Crippen molar-refractivity contribution in [2.45, 2.75) is 18.1 Å². The lowest BCUT2D eigenvalue weighted by Crippen LogP contribution is -2.36. The molecule has 1 aliphatic carbocycles. The second-order valence-electron chi connectivity index (χ2n) is 8.00. The molecule has 0 spiro atoms. The lowest BCUT2D eigenvalue weighted by atomic mass is 9.98. The van der Waals surface area contributed by atoms with E-state index >= 15 is 0 Å². The molecular weight excluding hydrogens is 438 g/mol. The number of aliphatic hydroxyl groups excluding tert-OH is 2. The molecule has 0 fully saturated rings. The third-order valence-electron chi connectivity index (χ3n) is 5.99. The predicted octanol–water partition coefficient (Wildman–Crippen LogP) is 3.57. The minimum Gasteiger partial charge on any atom is -0.449 e. The molecule has 4 rings (SSSR count). The van der Waals surface area contributed by atoms with Crippen molar-refractivity contribution < 1.29 is 24.7 Å². The maximum atomic E-state index is 12.3. The molecule has 0 saturated heterocycles. The van der Waals surface area contributed by atoms with Crippen molar-refractivity contribution in [1.29, 1.82) is 0 Å². The summed E-state index contributed by atoms with van der Waals surface area (Å²) in [7, 11) is 1.55. The number of ether oxygens (including phenoxy) is 1. The average molecular weight is 463 g/mol. The van der Waals surface area contributed by atoms with Gasteiger partial charge in [-0.25, -0.2) is 4.79 Å². The van der Waals surface area contributed by atoms with Gasteiger partial charge >= 0.3 is 6.09 Å². The van der Waals surface area contributed by atoms with Crippen molar-refractivity contribution in [3.63, 3.8) is 0 Å². The van der Waals surface area contributed by atoms with Gasteiger partial charge < -0.3 is 25.6 Å². The highest BCUT2D eigenvalue weighted by Crippen LogP contribution is 2.44. The number of nitro benzene ring substituents is 1. The number of nitro groups is 1. The van der Waals surface area contributed by atoms with Crippen LogP contribution in [0.15, 0.2) is 66.7 Å². The molecule has 2 unspecified atom stereocenters. The Labute approximate surface area is 196 Å². The third-order valence-corrected chi connectivity index (χ3v) is 5.99. The van der Waals surface area contributed by atoms with Crippen LogP contribution in [0.3, 0.4) is 0 Å². The van der Waals surface area contributed by atoms with E-state index in [1.807, 2.05) is 48.5 Å². The van der Waals surface area contributed by atoms with Crippen LogP contribution >= 0.6 is 0 Å². The van der Waals surface area contributed by atoms with Crippen LogP contribution in [-0.4, -0.2) is 47.5 Å². The highest BCUT2D eigenvalue weighted by molar-refractivity contribution is 5.79. The number of rotatable bonds is 8. The second-order valence-corrected chi connectivity index (χ2v) is 8.00. The van der Waals surface area contributed by atoms with Gasteiger partial charge in [-0.05, 0) is 33.9 Å². The van der Waals surface area contributed by atoms with Gasteiger partial charge in [0, 0.05) is 25.6 Å². The van der Waals surface area contributed by atoms with Crippen LogP contribution in [-0.2, 0) is 4.74 Å². The maximum absolute atomic E-state index is 12.3. The number of anilines is 1. The van der Waals surface area contributed by atoms with Crippen LogP contribution in [0.4, 0.5) is 16.2 Å². The number of benzene rings is 3. The summed E-state index contributed by atoms with van der Waals surface area (Å²) >= 11 is 0. The summed E-state index contributed by atoms with van der Waals surface area (Å²) in [5, 5.41) is 37.1. The summed E-state index contributed by atoms with van der Waals surface area (Å²) in [6.45, 7) is -0.171. The van der Waals surface area contributed by atoms with Gasteiger partial charge in [0.2, 0.25) is 0 Å². The molecule has 176 valence electrons. The van der Waals surface area contributed by atoms with Crippen molar-refractivity contribution in [3.8, 4) is 11.1 Å². The van der Waals surface area contributed by atoms with Gasteiger partial charge in [0.1, 0.15) is 24.5 Å². The molecule has 3 aromatic rings. The van der Waals surface area contributed by atoms with Crippen LogP contribution in [0.5, 0.6) is 0 Å². The average Bonchev–Trinajstić information content (AvgIpc) is 3.18. The van der Waals surface area contributed by atoms with Gasteiger partial charge in [0.15, 0.2) is 0 Å². The van der Waals surface area contributed by atoms with Gasteiger partial charge in [-0.2, -0.15) is 0 Å². The van der Waals surface area contributed by atoms with Gasteiger partial charge in [0.05, 0.1) is 4.92 Å². The molecule has 1 amide bonds. The number of hydrogen-bond acceptors (Lipinski definition) is 7. The molecule has 4 N–H and O–H groups in total. The maximum Gasteiger partial charge on any atom is 0.407 e. The van der Waals surface area contributed by atoms with E-state index in [1.165, 1.54) is 18.2 Å². The fourth-order valence-electron chi connectivity index (χ4n) is 4.27. The van der Waals surface area contributed by atoms with Gasteiger partial charge in [-0.15, -0.1) is 0 Å². The van der Waals surface area contributed by atoms with E-state index in [4.69, 9.17) is 4.74 Å². The lowest BCUT2D eigenvalue weighted by Gasteiger charge is -2.19. The number of alkyl carbamates (subject to hydrolysis) is 1. The molecule has 3 aromatic carbocycles. The number of amides is 1. The Morgan fingerprint density at radius 2 is 1.68 bits per heavy atom. The first-order valence-corrected chi connectivity index (χ1v) is 10.8. The molecule has 0 bridgehead atoms. The molecular formula is C25H25N3O6. The van der Waals surface area contributed by atoms with Crippen molar-refractivity contribution in [1.82, 2.24) is 5.32 Å². The SMILES string of the molecule is CNc1ccc(C(O)C(O)CNC(=O)OCC2c3ccccc3-c3ccccc32)cc1[N+](=O)[O-]. The van der Waals surface area contributed by atoms with Crippen LogP contribution in [0, 0.1) is 10.1 Å². The van der Waals surface area contributed by atoms with E-state index in [9.17, 15) is 25.1 Å². The highest BCUT2D eigenvalue weighted by atomic mass is 16.6. The number of carbonyl (C=O) groups excluding carboxylic acids is 1. The normalized spacial score (nSPS) is 14.0. The smallest absolute Gasteiger partial charge is 0.407 e. The second kappa shape index (κ2) is 9.90. The number of carbonyl (C=O) groups is 1. The van der Waals surface area contributed by atoms with Gasteiger partial charge in [-0.1, -0.05) is 54.6 Å². The molecule has 0 aromatic heterocycles. The molecule has 2 atom stereocenters. The Morgan fingerprint density at radius 1 is 1.06 bits per heavy atom. The van der Waals surface area contributed by atoms with E-state index in [-0.39, 0.29) is 36.0 Å². The highest BCUT2D eigenvalue weighted by Gasteiger charge is 2.29. The molecule has 0 heterocycles. The Morgan fingerprint density at radius 3 is 2.26 bits per heavy atom. The summed E-state index contributed by atoms with van der Waals surface area (Å²) in [6, 6.07) is 20.1. The first kappa shape index (κ1) is 23.2. The van der Waals surface area contributed by atoms with E-state index in [0.717, 1.165) is 22.3 Å². The summed E-state index contributed by atoms with van der Waals surface area (Å²) in [5.74, 6) is -0.0973. The number of hydrogen-bond donors (Lipinski definition) is 4. The summed E-state index contributed by atoms with van der Waals surface area (Å²) in [4.78, 5) is 22.9. The molecule has 0 saturated carbocycles. The van der Waals surface area contributed by atoms with E-state index < -0.39 is 23.2 Å². The molecule has 0 radical (unpaired) electrons. The monoisotopic (exact) mass is 463 g/mol. The standard InChI is InChI=1S/C25H25N3O6/c1-26-21-11-10-15(12-22(21)28(32)33)24(30)23(29)13-27-25(31)34-14-20-18-8-4-2-6-16(18)17-7-3-5-9-19(17)20/h2-12,20,23-24,26,29-30H,13-14H2,1H3,(H,27,31). The van der Waals surface area contributed by atoms with Crippen LogP contribution in [0.1, 0.15) is 28.7 Å². The Hall–Kier alpha value is -3.95. The summed E-state index contributed by atoms with van der Waals surface area (Å²) < 4.78 is 5.42. The van der Waals surface area contributed by atoms with Crippen molar-refractivity contribution in [2.24, 2.45) is 0 Å². The first-order valence-electron chi connectivity index (χ1n) is 10.8. The van der Waals surface area contributed by atoms with E-state index in [0.29, 0.717) is 0 Å². The summed E-state index contributed by atoms with van der Waals surface area (Å²) in [5.41, 5.74) is 4.61. The first-order chi connectivity index (χ1) is 16.4. The fraction of sp³-hybridized carbons (Fsp3) is 0.240. The zero-order valence-electron chi connectivity index (χ0n) is 18.5. The van der Waals surface area contributed by atoms with Crippen molar-refractivity contribution in [3.05, 3.63) is 93.5 Å². The zero-order chi connectivity index (χ0) is 24.2. The minimum absolute atomic E-state index is 0.0973. The Balaban J connectivity index is 1.35. The van der Waals surface area contributed by atoms with Crippen molar-refractivity contribution in [2.75, 3.05) is 25.5 Å². The fourth-order valence-corrected chi connectivity index (χ4v) is 4.27. The largest absolute Gasteiger partial charge is 0.449 e.